The third-order valence-electron chi connectivity index (χ3n) is 3.59. The number of carbonyl (C=O) groups is 2. The van der Waals surface area contributed by atoms with Gasteiger partial charge in [-0.2, -0.15) is 0 Å². The van der Waals surface area contributed by atoms with Crippen molar-refractivity contribution in [3.63, 3.8) is 0 Å². The van der Waals surface area contributed by atoms with E-state index in [1.807, 2.05) is 24.3 Å². The van der Waals surface area contributed by atoms with Crippen LogP contribution in [0.1, 0.15) is 50.5 Å². The van der Waals surface area contributed by atoms with Gasteiger partial charge in [0.05, 0.1) is 0 Å². The van der Waals surface area contributed by atoms with Crippen molar-refractivity contribution in [2.45, 2.75) is 61.7 Å². The van der Waals surface area contributed by atoms with Crippen LogP contribution in [0.5, 0.6) is 0 Å². The van der Waals surface area contributed by atoms with Crippen LogP contribution >= 0.6 is 11.8 Å². The number of nitrogens with two attached hydrogens (primary N) is 1. The van der Waals surface area contributed by atoms with Gasteiger partial charge >= 0.3 is 0 Å². The third-order valence-corrected chi connectivity index (χ3v) is 4.64. The van der Waals surface area contributed by atoms with E-state index in [1.165, 1.54) is 11.8 Å². The van der Waals surface area contributed by atoms with Crippen LogP contribution in [-0.2, 0) is 16.0 Å². The summed E-state index contributed by atoms with van der Waals surface area (Å²) in [5.41, 5.74) is 7.25. The molecule has 0 heterocycles. The number of rotatable bonds is 12. The quantitative estimate of drug-likeness (QED) is 0.151. The van der Waals surface area contributed by atoms with Gasteiger partial charge in [-0.25, -0.2) is 5.48 Å². The van der Waals surface area contributed by atoms with Crippen LogP contribution in [0, 0.1) is 0 Å². The third kappa shape index (κ3) is 9.54. The molecule has 0 bridgehead atoms. The zero-order valence-electron chi connectivity index (χ0n) is 13.7. The molecule has 0 spiro atoms. The van der Waals surface area contributed by atoms with Gasteiger partial charge in [0.25, 0.3) is 0 Å². The Hall–Kier alpha value is -1.57. The lowest BCUT2D eigenvalue weighted by atomic mass is 10.1. The van der Waals surface area contributed by atoms with Crippen molar-refractivity contribution < 1.29 is 19.9 Å². The molecule has 1 aromatic carbocycles. The number of unbranched alkanes of at least 4 members (excludes halogenated alkanes) is 3. The number of hydrogen-bond acceptors (Lipinski definition) is 5. The first-order valence-electron chi connectivity index (χ1n) is 8.16. The fourth-order valence-electron chi connectivity index (χ4n) is 2.24. The van der Waals surface area contributed by atoms with E-state index in [2.05, 4.69) is 0 Å². The minimum absolute atomic E-state index is 0.237. The second-order valence-electron chi connectivity index (χ2n) is 5.67. The number of aryl methyl sites for hydroxylation is 1. The predicted molar refractivity (Wildman–Crippen MR) is 93.5 cm³/mol. The highest BCUT2D eigenvalue weighted by atomic mass is 32.2. The summed E-state index contributed by atoms with van der Waals surface area (Å²) in [7, 11) is 0. The first kappa shape index (κ1) is 20.5. The van der Waals surface area contributed by atoms with Gasteiger partial charge in [0.2, 0.25) is 11.8 Å². The smallest absolute Gasteiger partial charge is 0.243 e. The van der Waals surface area contributed by atoms with Crippen LogP contribution in [0.25, 0.3) is 0 Å². The summed E-state index contributed by atoms with van der Waals surface area (Å²) in [6, 6.07) is 7.69. The van der Waals surface area contributed by atoms with Crippen molar-refractivity contribution in [1.82, 2.24) is 5.48 Å². The topological polar surface area (TPSA) is 113 Å². The number of aliphatic hydroxyl groups is 1. The molecule has 24 heavy (non-hydrogen) atoms. The maximum absolute atomic E-state index is 11.0. The van der Waals surface area contributed by atoms with E-state index in [0.717, 1.165) is 36.1 Å². The lowest BCUT2D eigenvalue weighted by molar-refractivity contribution is -0.129. The number of hydrogen-bond donors (Lipinski definition) is 4. The van der Waals surface area contributed by atoms with Crippen molar-refractivity contribution in [3.8, 4) is 0 Å². The highest BCUT2D eigenvalue weighted by molar-refractivity contribution is 7.99. The summed E-state index contributed by atoms with van der Waals surface area (Å²) in [6.45, 7) is 0. The van der Waals surface area contributed by atoms with Gasteiger partial charge < -0.3 is 10.8 Å². The Morgan fingerprint density at radius 3 is 2.38 bits per heavy atom. The molecule has 0 aliphatic carbocycles. The minimum Gasteiger partial charge on any atom is -0.382 e. The number of primary amides is 1. The molecular weight excluding hydrogens is 328 g/mol. The number of amides is 2. The SMILES string of the molecule is NC(=O)CCCCCCC(O)Sc1ccc(CCC(=O)NO)cc1. The molecule has 0 radical (unpaired) electrons. The van der Waals surface area contributed by atoms with E-state index < -0.39 is 11.3 Å². The summed E-state index contributed by atoms with van der Waals surface area (Å²) in [5, 5.41) is 18.5. The van der Waals surface area contributed by atoms with Crippen LogP contribution < -0.4 is 11.2 Å². The molecule has 1 unspecified atom stereocenters. The van der Waals surface area contributed by atoms with Crippen molar-refractivity contribution in [2.75, 3.05) is 0 Å². The van der Waals surface area contributed by atoms with Crippen LogP contribution in [0.15, 0.2) is 29.2 Å². The maximum atomic E-state index is 11.0. The maximum Gasteiger partial charge on any atom is 0.243 e. The van der Waals surface area contributed by atoms with E-state index in [4.69, 9.17) is 10.9 Å². The molecule has 1 aromatic rings. The molecule has 2 amide bonds. The zero-order valence-corrected chi connectivity index (χ0v) is 14.6. The summed E-state index contributed by atoms with van der Waals surface area (Å²) in [4.78, 5) is 22.6. The van der Waals surface area contributed by atoms with Gasteiger partial charge in [0.15, 0.2) is 0 Å². The number of aliphatic hydroxyl groups excluding tert-OH is 1. The zero-order chi connectivity index (χ0) is 17.8. The molecule has 1 rings (SSSR count). The highest BCUT2D eigenvalue weighted by Gasteiger charge is 2.07. The summed E-state index contributed by atoms with van der Waals surface area (Å²) < 4.78 is 0. The molecule has 1 atom stereocenters. The molecule has 134 valence electrons. The van der Waals surface area contributed by atoms with Crippen molar-refractivity contribution in [3.05, 3.63) is 29.8 Å². The molecular formula is C17H26N2O4S. The molecule has 0 saturated carbocycles. The van der Waals surface area contributed by atoms with Gasteiger partial charge in [-0.05, 0) is 43.4 Å². The summed E-state index contributed by atoms with van der Waals surface area (Å²) >= 11 is 1.41. The van der Waals surface area contributed by atoms with Gasteiger partial charge in [0.1, 0.15) is 5.44 Å². The molecule has 0 aliphatic heterocycles. The number of nitrogens with one attached hydrogen (secondary N) is 1. The molecule has 5 N–H and O–H groups in total. The first-order valence-corrected chi connectivity index (χ1v) is 9.04. The molecule has 0 saturated heterocycles. The van der Waals surface area contributed by atoms with Gasteiger partial charge in [-0.15, -0.1) is 0 Å². The minimum atomic E-state index is -0.452. The summed E-state index contributed by atoms with van der Waals surface area (Å²) in [5.74, 6) is -0.661. The fourth-order valence-corrected chi connectivity index (χ4v) is 3.13. The standard InChI is InChI=1S/C17H26N2O4S/c18-15(20)5-3-1-2-4-6-17(22)24-14-10-7-13(8-11-14)9-12-16(21)19-23/h7-8,10-11,17,22-23H,1-6,9,12H2,(H2,18,20)(H,19,21). The number of hydroxylamine groups is 1. The van der Waals surface area contributed by atoms with Crippen LogP contribution in [-0.4, -0.2) is 27.6 Å². The second-order valence-corrected chi connectivity index (χ2v) is 6.92. The fraction of sp³-hybridized carbons (Fsp3) is 0.529. The predicted octanol–water partition coefficient (Wildman–Crippen LogP) is 2.36. The second kappa shape index (κ2) is 11.9. The van der Waals surface area contributed by atoms with E-state index in [1.54, 1.807) is 5.48 Å². The lowest BCUT2D eigenvalue weighted by Gasteiger charge is -2.10. The van der Waals surface area contributed by atoms with Crippen molar-refractivity contribution in [1.29, 1.82) is 0 Å². The molecule has 0 aliphatic rings. The van der Waals surface area contributed by atoms with Crippen LogP contribution in [0.4, 0.5) is 0 Å². The Morgan fingerprint density at radius 2 is 1.75 bits per heavy atom. The Bertz CT molecular complexity index is 508. The Morgan fingerprint density at radius 1 is 1.08 bits per heavy atom. The Kier molecular flexibility index (Phi) is 10.1. The van der Waals surface area contributed by atoms with Crippen LogP contribution in [0.2, 0.25) is 0 Å². The Balaban J connectivity index is 2.20. The highest BCUT2D eigenvalue weighted by Crippen LogP contribution is 2.25. The van der Waals surface area contributed by atoms with Crippen molar-refractivity contribution in [2.24, 2.45) is 5.73 Å². The average Bonchev–Trinajstić information content (AvgIpc) is 2.56. The Labute approximate surface area is 146 Å². The van der Waals surface area contributed by atoms with Gasteiger partial charge in [0, 0.05) is 17.7 Å². The molecule has 7 heteroatoms. The number of carbonyl (C=O) groups excluding carboxylic acids is 2. The van der Waals surface area contributed by atoms with Crippen LogP contribution in [0.3, 0.4) is 0 Å². The molecule has 0 aromatic heterocycles. The van der Waals surface area contributed by atoms with E-state index in [0.29, 0.717) is 19.3 Å². The van der Waals surface area contributed by atoms with E-state index in [9.17, 15) is 14.7 Å². The monoisotopic (exact) mass is 354 g/mol. The largest absolute Gasteiger partial charge is 0.382 e. The number of thioether (sulfide) groups is 1. The summed E-state index contributed by atoms with van der Waals surface area (Å²) in [6.07, 6.45) is 5.61. The molecule has 6 nitrogen and oxygen atoms in total. The first-order chi connectivity index (χ1) is 11.5. The van der Waals surface area contributed by atoms with Gasteiger partial charge in [-0.3, -0.25) is 14.8 Å². The van der Waals surface area contributed by atoms with E-state index >= 15 is 0 Å². The number of benzene rings is 1. The average molecular weight is 354 g/mol. The van der Waals surface area contributed by atoms with E-state index in [-0.39, 0.29) is 12.3 Å². The van der Waals surface area contributed by atoms with Gasteiger partial charge in [-0.1, -0.05) is 36.7 Å². The van der Waals surface area contributed by atoms with Crippen molar-refractivity contribution >= 4 is 23.6 Å². The normalized spacial score (nSPS) is 11.9. The lowest BCUT2D eigenvalue weighted by Crippen LogP contribution is -2.18. The molecule has 0 fully saturated rings.